The molecule has 0 radical (unpaired) electrons. The second-order valence-electron chi connectivity index (χ2n) is 5.21. The Balaban J connectivity index is 1.60. The molecular formula is C15H18N4OS. The summed E-state index contributed by atoms with van der Waals surface area (Å²) >= 11 is 1.39. The van der Waals surface area contributed by atoms with Crippen LogP contribution in [-0.4, -0.2) is 44.8 Å². The topological polar surface area (TPSA) is 61.9 Å². The first kappa shape index (κ1) is 14.1. The molecule has 0 unspecified atom stereocenters. The number of aromatic amines is 1. The first-order chi connectivity index (χ1) is 10.2. The molecule has 110 valence electrons. The van der Waals surface area contributed by atoms with E-state index in [1.165, 1.54) is 17.3 Å². The minimum Gasteiger partial charge on any atom is -0.342 e. The number of nitrogens with zero attached hydrogens (tertiary/aromatic N) is 3. The van der Waals surface area contributed by atoms with Crippen LogP contribution in [0.2, 0.25) is 0 Å². The van der Waals surface area contributed by atoms with Crippen LogP contribution >= 0.6 is 11.8 Å². The van der Waals surface area contributed by atoms with E-state index in [-0.39, 0.29) is 5.91 Å². The van der Waals surface area contributed by atoms with E-state index in [9.17, 15) is 4.79 Å². The molecule has 1 aromatic carbocycles. The van der Waals surface area contributed by atoms with Crippen LogP contribution in [0.5, 0.6) is 0 Å². The van der Waals surface area contributed by atoms with E-state index in [0.717, 1.165) is 37.3 Å². The van der Waals surface area contributed by atoms with Crippen molar-refractivity contribution in [2.75, 3.05) is 18.8 Å². The monoisotopic (exact) mass is 302 g/mol. The second kappa shape index (κ2) is 6.30. The van der Waals surface area contributed by atoms with Gasteiger partial charge in [-0.1, -0.05) is 41.6 Å². The molecule has 2 heterocycles. The third kappa shape index (κ3) is 3.44. The quantitative estimate of drug-likeness (QED) is 0.882. The van der Waals surface area contributed by atoms with Gasteiger partial charge in [-0.15, -0.1) is 5.10 Å². The van der Waals surface area contributed by atoms with Gasteiger partial charge in [0.1, 0.15) is 0 Å². The molecule has 5 nitrogen and oxygen atoms in total. The summed E-state index contributed by atoms with van der Waals surface area (Å²) in [4.78, 5) is 18.3. The summed E-state index contributed by atoms with van der Waals surface area (Å²) in [6.45, 7) is 3.83. The van der Waals surface area contributed by atoms with Crippen molar-refractivity contribution in [2.45, 2.75) is 24.9 Å². The van der Waals surface area contributed by atoms with Crippen molar-refractivity contribution in [3.05, 3.63) is 29.8 Å². The van der Waals surface area contributed by atoms with Gasteiger partial charge in [-0.3, -0.25) is 9.89 Å². The van der Waals surface area contributed by atoms with E-state index in [4.69, 9.17) is 0 Å². The minimum absolute atomic E-state index is 0.180. The first-order valence-electron chi connectivity index (χ1n) is 7.12. The van der Waals surface area contributed by atoms with Gasteiger partial charge in [0.25, 0.3) is 0 Å². The van der Waals surface area contributed by atoms with E-state index in [2.05, 4.69) is 22.1 Å². The van der Waals surface area contributed by atoms with Gasteiger partial charge in [-0.25, -0.2) is 4.98 Å². The van der Waals surface area contributed by atoms with Gasteiger partial charge >= 0.3 is 0 Å². The first-order valence-corrected chi connectivity index (χ1v) is 8.11. The Morgan fingerprint density at radius 3 is 2.71 bits per heavy atom. The zero-order chi connectivity index (χ0) is 14.7. The van der Waals surface area contributed by atoms with Gasteiger partial charge in [0, 0.05) is 18.7 Å². The molecule has 0 atom stereocenters. The molecule has 21 heavy (non-hydrogen) atoms. The average Bonchev–Trinajstić information content (AvgIpc) is 3.17. The number of thioether (sulfide) groups is 1. The van der Waals surface area contributed by atoms with E-state index in [0.29, 0.717) is 10.9 Å². The number of nitrogens with one attached hydrogen (secondary N) is 1. The summed E-state index contributed by atoms with van der Waals surface area (Å²) in [7, 11) is 0. The lowest BCUT2D eigenvalue weighted by atomic mass is 10.1. The molecule has 3 rings (SSSR count). The fourth-order valence-electron chi connectivity index (χ4n) is 2.34. The number of benzene rings is 1. The van der Waals surface area contributed by atoms with Crippen molar-refractivity contribution < 1.29 is 4.79 Å². The maximum absolute atomic E-state index is 12.0. The number of hydrogen-bond acceptors (Lipinski definition) is 4. The van der Waals surface area contributed by atoms with Crippen molar-refractivity contribution in [3.8, 4) is 11.4 Å². The molecule has 1 aliphatic heterocycles. The highest BCUT2D eigenvalue weighted by atomic mass is 32.2. The lowest BCUT2D eigenvalue weighted by Gasteiger charge is -2.13. The smallest absolute Gasteiger partial charge is 0.233 e. The summed E-state index contributed by atoms with van der Waals surface area (Å²) in [6, 6.07) is 8.11. The van der Waals surface area contributed by atoms with Crippen LogP contribution in [0.15, 0.2) is 29.4 Å². The number of carbonyl (C=O) groups excluding carboxylic acids is 1. The third-order valence-corrected chi connectivity index (χ3v) is 4.41. The Morgan fingerprint density at radius 1 is 1.29 bits per heavy atom. The number of H-pyrrole nitrogens is 1. The molecular weight excluding hydrogens is 284 g/mol. The summed E-state index contributed by atoms with van der Waals surface area (Å²) in [5.74, 6) is 1.33. The highest BCUT2D eigenvalue weighted by Gasteiger charge is 2.18. The molecule has 0 aliphatic carbocycles. The van der Waals surface area contributed by atoms with Crippen LogP contribution in [0.3, 0.4) is 0 Å². The van der Waals surface area contributed by atoms with Gasteiger partial charge in [0.15, 0.2) is 5.82 Å². The fraction of sp³-hybridized carbons (Fsp3) is 0.400. The number of aromatic nitrogens is 3. The van der Waals surface area contributed by atoms with Crippen LogP contribution < -0.4 is 0 Å². The number of rotatable bonds is 4. The number of aryl methyl sites for hydroxylation is 1. The average molecular weight is 302 g/mol. The Bertz CT molecular complexity index is 617. The van der Waals surface area contributed by atoms with Crippen LogP contribution in [0.4, 0.5) is 0 Å². The van der Waals surface area contributed by atoms with Crippen LogP contribution in [0.1, 0.15) is 18.4 Å². The van der Waals surface area contributed by atoms with E-state index < -0.39 is 0 Å². The van der Waals surface area contributed by atoms with E-state index in [1.54, 1.807) is 0 Å². The van der Waals surface area contributed by atoms with Crippen molar-refractivity contribution in [1.82, 2.24) is 20.1 Å². The molecule has 0 bridgehead atoms. The van der Waals surface area contributed by atoms with E-state index in [1.807, 2.05) is 29.2 Å². The molecule has 1 fully saturated rings. The van der Waals surface area contributed by atoms with Gasteiger partial charge in [0.2, 0.25) is 11.1 Å². The van der Waals surface area contributed by atoms with Gasteiger partial charge in [-0.05, 0) is 19.8 Å². The summed E-state index contributed by atoms with van der Waals surface area (Å²) < 4.78 is 0. The van der Waals surface area contributed by atoms with Crippen molar-refractivity contribution in [2.24, 2.45) is 0 Å². The summed E-state index contributed by atoms with van der Waals surface area (Å²) in [6.07, 6.45) is 2.24. The number of amides is 1. The second-order valence-corrected chi connectivity index (χ2v) is 6.15. The molecule has 1 aromatic heterocycles. The largest absolute Gasteiger partial charge is 0.342 e. The highest BCUT2D eigenvalue weighted by Crippen LogP contribution is 2.20. The zero-order valence-electron chi connectivity index (χ0n) is 12.0. The zero-order valence-corrected chi connectivity index (χ0v) is 12.8. The van der Waals surface area contributed by atoms with Crippen LogP contribution in [-0.2, 0) is 4.79 Å². The maximum Gasteiger partial charge on any atom is 0.233 e. The van der Waals surface area contributed by atoms with Gasteiger partial charge in [-0.2, -0.15) is 0 Å². The van der Waals surface area contributed by atoms with Gasteiger partial charge in [0.05, 0.1) is 5.75 Å². The van der Waals surface area contributed by atoms with Crippen LogP contribution in [0.25, 0.3) is 11.4 Å². The van der Waals surface area contributed by atoms with Crippen molar-refractivity contribution in [3.63, 3.8) is 0 Å². The molecule has 1 amide bonds. The molecule has 6 heteroatoms. The van der Waals surface area contributed by atoms with E-state index >= 15 is 0 Å². The Hall–Kier alpha value is -1.82. The minimum atomic E-state index is 0.180. The SMILES string of the molecule is Cc1ccc(-c2nc(SCC(=O)N3CCCC3)n[nH]2)cc1. The highest BCUT2D eigenvalue weighted by molar-refractivity contribution is 7.99. The number of hydrogen-bond donors (Lipinski definition) is 1. The van der Waals surface area contributed by atoms with Crippen LogP contribution in [0, 0.1) is 6.92 Å². The van der Waals surface area contributed by atoms with Crippen molar-refractivity contribution in [1.29, 1.82) is 0 Å². The summed E-state index contributed by atoms with van der Waals surface area (Å²) in [5, 5.41) is 7.72. The molecule has 1 saturated heterocycles. The molecule has 0 saturated carbocycles. The molecule has 1 aliphatic rings. The maximum atomic E-state index is 12.0. The lowest BCUT2D eigenvalue weighted by Crippen LogP contribution is -2.29. The molecule has 2 aromatic rings. The van der Waals surface area contributed by atoms with Crippen molar-refractivity contribution >= 4 is 17.7 Å². The normalized spacial score (nSPS) is 14.6. The Morgan fingerprint density at radius 2 is 2.00 bits per heavy atom. The third-order valence-electron chi connectivity index (χ3n) is 3.57. The Kier molecular flexibility index (Phi) is 4.24. The Labute approximate surface area is 128 Å². The number of likely N-dealkylation sites (tertiary alicyclic amines) is 1. The standard InChI is InChI=1S/C15H18N4OS/c1-11-4-6-12(7-5-11)14-16-15(18-17-14)21-10-13(20)19-8-2-3-9-19/h4-7H,2-3,8-10H2,1H3,(H,16,17,18). The lowest BCUT2D eigenvalue weighted by molar-refractivity contribution is -0.127. The molecule has 1 N–H and O–H groups in total. The fourth-order valence-corrected chi connectivity index (χ4v) is 3.04. The van der Waals surface area contributed by atoms with Gasteiger partial charge < -0.3 is 4.90 Å². The molecule has 0 spiro atoms. The predicted octanol–water partition coefficient (Wildman–Crippen LogP) is 2.49. The predicted molar refractivity (Wildman–Crippen MR) is 83.1 cm³/mol. The number of carbonyl (C=O) groups is 1. The summed E-state index contributed by atoms with van der Waals surface area (Å²) in [5.41, 5.74) is 2.22.